The van der Waals surface area contributed by atoms with E-state index < -0.39 is 0 Å². The smallest absolute Gasteiger partial charge is 0.00389 e. The zero-order valence-corrected chi connectivity index (χ0v) is 11.6. The molecule has 2 heteroatoms. The van der Waals surface area contributed by atoms with Gasteiger partial charge in [-0.2, -0.15) is 0 Å². The van der Waals surface area contributed by atoms with Gasteiger partial charge in [-0.15, -0.1) is 0 Å². The molecule has 2 heterocycles. The highest BCUT2D eigenvalue weighted by molar-refractivity contribution is 4.71. The van der Waals surface area contributed by atoms with Crippen molar-refractivity contribution < 1.29 is 0 Å². The van der Waals surface area contributed by atoms with E-state index in [2.05, 4.69) is 38.0 Å². The van der Waals surface area contributed by atoms with E-state index in [9.17, 15) is 0 Å². The Morgan fingerprint density at radius 3 is 1.88 bits per heavy atom. The summed E-state index contributed by atoms with van der Waals surface area (Å²) in [6.07, 6.45) is 5.57. The SMILES string of the molecule is CC1CCC(C)NC1.CC1CCN(C)CC1. The van der Waals surface area contributed by atoms with Crippen molar-refractivity contribution in [2.75, 3.05) is 26.7 Å². The lowest BCUT2D eigenvalue weighted by Gasteiger charge is -2.26. The highest BCUT2D eigenvalue weighted by Gasteiger charge is 2.12. The summed E-state index contributed by atoms with van der Waals surface area (Å²) >= 11 is 0. The number of likely N-dealkylation sites (tertiary alicyclic amines) is 1. The summed E-state index contributed by atoms with van der Waals surface area (Å²) in [4.78, 5) is 2.40. The molecule has 0 radical (unpaired) electrons. The molecule has 0 bridgehead atoms. The van der Waals surface area contributed by atoms with Crippen molar-refractivity contribution in [1.82, 2.24) is 10.2 Å². The van der Waals surface area contributed by atoms with Gasteiger partial charge in [0.2, 0.25) is 0 Å². The van der Waals surface area contributed by atoms with Crippen LogP contribution in [0.25, 0.3) is 0 Å². The normalized spacial score (nSPS) is 33.0. The topological polar surface area (TPSA) is 15.3 Å². The molecule has 0 aromatic carbocycles. The first kappa shape index (κ1) is 14.0. The van der Waals surface area contributed by atoms with Crippen molar-refractivity contribution in [3.8, 4) is 0 Å². The Bertz CT molecular complexity index is 126. The van der Waals surface area contributed by atoms with Crippen molar-refractivity contribution >= 4 is 0 Å². The zero-order valence-electron chi connectivity index (χ0n) is 11.6. The fourth-order valence-electron chi connectivity index (χ4n) is 2.28. The zero-order chi connectivity index (χ0) is 12.0. The van der Waals surface area contributed by atoms with Gasteiger partial charge >= 0.3 is 0 Å². The molecule has 2 aliphatic rings. The molecular formula is C14H30N2. The van der Waals surface area contributed by atoms with E-state index in [1.54, 1.807) is 0 Å². The number of nitrogens with zero attached hydrogens (tertiary/aromatic N) is 1. The van der Waals surface area contributed by atoms with Crippen molar-refractivity contribution in [2.45, 2.75) is 52.5 Å². The summed E-state index contributed by atoms with van der Waals surface area (Å²) < 4.78 is 0. The predicted octanol–water partition coefficient (Wildman–Crippen LogP) is 2.74. The second-order valence-electron chi connectivity index (χ2n) is 5.98. The molecule has 0 amide bonds. The van der Waals surface area contributed by atoms with E-state index in [-0.39, 0.29) is 0 Å². The van der Waals surface area contributed by atoms with Crippen LogP contribution in [0, 0.1) is 11.8 Å². The lowest BCUT2D eigenvalue weighted by Crippen LogP contribution is -2.35. The van der Waals surface area contributed by atoms with E-state index in [0.717, 1.165) is 17.9 Å². The largest absolute Gasteiger partial charge is 0.314 e. The maximum Gasteiger partial charge on any atom is 0.00389 e. The summed E-state index contributed by atoms with van der Waals surface area (Å²) in [7, 11) is 2.20. The third-order valence-corrected chi connectivity index (χ3v) is 3.91. The first-order valence-corrected chi connectivity index (χ1v) is 7.00. The van der Waals surface area contributed by atoms with Crippen LogP contribution in [-0.4, -0.2) is 37.6 Å². The van der Waals surface area contributed by atoms with Crippen molar-refractivity contribution in [3.63, 3.8) is 0 Å². The summed E-state index contributed by atoms with van der Waals surface area (Å²) in [6.45, 7) is 10.7. The molecule has 1 N–H and O–H groups in total. The van der Waals surface area contributed by atoms with Crippen LogP contribution in [0.15, 0.2) is 0 Å². The Kier molecular flexibility index (Phi) is 6.37. The van der Waals surface area contributed by atoms with Crippen molar-refractivity contribution in [1.29, 1.82) is 0 Å². The molecule has 2 atom stereocenters. The van der Waals surface area contributed by atoms with E-state index in [0.29, 0.717) is 0 Å². The lowest BCUT2D eigenvalue weighted by atomic mass is 9.98. The quantitative estimate of drug-likeness (QED) is 0.683. The van der Waals surface area contributed by atoms with Crippen LogP contribution in [-0.2, 0) is 0 Å². The molecule has 2 aliphatic heterocycles. The first-order chi connectivity index (χ1) is 7.58. The molecule has 0 aromatic rings. The summed E-state index contributed by atoms with van der Waals surface area (Å²) in [5.74, 6) is 1.89. The summed E-state index contributed by atoms with van der Waals surface area (Å²) in [5.41, 5.74) is 0. The molecule has 0 aromatic heterocycles. The van der Waals surface area contributed by atoms with Gasteiger partial charge < -0.3 is 10.2 Å². The van der Waals surface area contributed by atoms with Gasteiger partial charge in [0.25, 0.3) is 0 Å². The van der Waals surface area contributed by atoms with Crippen LogP contribution in [0.4, 0.5) is 0 Å². The number of hydrogen-bond acceptors (Lipinski definition) is 2. The summed E-state index contributed by atoms with van der Waals surface area (Å²) in [6, 6.07) is 0.770. The van der Waals surface area contributed by atoms with Crippen LogP contribution >= 0.6 is 0 Å². The fraction of sp³-hybridized carbons (Fsp3) is 1.00. The number of nitrogens with one attached hydrogen (secondary N) is 1. The molecule has 0 saturated carbocycles. The highest BCUT2D eigenvalue weighted by Crippen LogP contribution is 2.13. The molecule has 2 nitrogen and oxygen atoms in total. The third-order valence-electron chi connectivity index (χ3n) is 3.91. The van der Waals surface area contributed by atoms with Crippen LogP contribution in [0.5, 0.6) is 0 Å². The maximum atomic E-state index is 3.43. The first-order valence-electron chi connectivity index (χ1n) is 7.00. The van der Waals surface area contributed by atoms with Gasteiger partial charge in [0.1, 0.15) is 0 Å². The minimum atomic E-state index is 0.770. The van der Waals surface area contributed by atoms with Gasteiger partial charge in [-0.25, -0.2) is 0 Å². The van der Waals surface area contributed by atoms with E-state index >= 15 is 0 Å². The van der Waals surface area contributed by atoms with Crippen LogP contribution < -0.4 is 5.32 Å². The molecule has 0 spiro atoms. The predicted molar refractivity (Wildman–Crippen MR) is 71.8 cm³/mol. The minimum absolute atomic E-state index is 0.770. The van der Waals surface area contributed by atoms with Crippen molar-refractivity contribution in [3.05, 3.63) is 0 Å². The highest BCUT2D eigenvalue weighted by atomic mass is 15.1. The van der Waals surface area contributed by atoms with E-state index in [4.69, 9.17) is 0 Å². The Labute approximate surface area is 102 Å². The Hall–Kier alpha value is -0.0800. The standard InChI is InChI=1S/2C7H15N/c1-7-3-5-8(2)6-4-7;1-6-3-4-7(2)8-5-6/h7H,3-6H2,1-2H3;6-8H,3-5H2,1-2H3. The lowest BCUT2D eigenvalue weighted by molar-refractivity contribution is 0.230. The van der Waals surface area contributed by atoms with E-state index in [1.165, 1.54) is 45.3 Å². The average Bonchev–Trinajstić information content (AvgIpc) is 2.28. The maximum absolute atomic E-state index is 3.43. The molecule has 2 unspecified atom stereocenters. The van der Waals surface area contributed by atoms with Gasteiger partial charge in [-0.1, -0.05) is 13.8 Å². The van der Waals surface area contributed by atoms with Gasteiger partial charge in [0.05, 0.1) is 0 Å². The number of piperidine rings is 2. The monoisotopic (exact) mass is 226 g/mol. The van der Waals surface area contributed by atoms with Crippen LogP contribution in [0.1, 0.15) is 46.5 Å². The fourth-order valence-corrected chi connectivity index (χ4v) is 2.28. The molecule has 96 valence electrons. The van der Waals surface area contributed by atoms with Crippen molar-refractivity contribution in [2.24, 2.45) is 11.8 Å². The molecule has 2 saturated heterocycles. The second-order valence-corrected chi connectivity index (χ2v) is 5.98. The average molecular weight is 226 g/mol. The van der Waals surface area contributed by atoms with Gasteiger partial charge in [-0.3, -0.25) is 0 Å². The van der Waals surface area contributed by atoms with Gasteiger partial charge in [-0.05, 0) is 71.1 Å². The van der Waals surface area contributed by atoms with E-state index in [1.807, 2.05) is 0 Å². The van der Waals surface area contributed by atoms with Gasteiger partial charge in [0.15, 0.2) is 0 Å². The molecule has 0 aliphatic carbocycles. The number of hydrogen-bond donors (Lipinski definition) is 1. The third kappa shape index (κ3) is 5.86. The Balaban J connectivity index is 0.000000160. The van der Waals surface area contributed by atoms with Gasteiger partial charge in [0, 0.05) is 6.04 Å². The minimum Gasteiger partial charge on any atom is -0.314 e. The molecule has 16 heavy (non-hydrogen) atoms. The van der Waals surface area contributed by atoms with Crippen LogP contribution in [0.3, 0.4) is 0 Å². The molecule has 2 rings (SSSR count). The van der Waals surface area contributed by atoms with Crippen LogP contribution in [0.2, 0.25) is 0 Å². The molecular weight excluding hydrogens is 196 g/mol. The second kappa shape index (κ2) is 7.29. The molecule has 2 fully saturated rings. The Morgan fingerprint density at radius 2 is 1.50 bits per heavy atom. The number of rotatable bonds is 0. The summed E-state index contributed by atoms with van der Waals surface area (Å²) in [5, 5.41) is 3.43. The Morgan fingerprint density at radius 1 is 0.875 bits per heavy atom.